The van der Waals surface area contributed by atoms with Crippen LogP contribution in [0, 0.1) is 5.92 Å². The number of ether oxygens (including phenoxy) is 2. The van der Waals surface area contributed by atoms with E-state index in [0.717, 1.165) is 40.9 Å². The minimum absolute atomic E-state index is 0.102. The molecule has 1 aliphatic carbocycles. The molecule has 1 aliphatic rings. The van der Waals surface area contributed by atoms with Gasteiger partial charge in [-0.2, -0.15) is 5.10 Å². The fourth-order valence-electron chi connectivity index (χ4n) is 3.48. The van der Waals surface area contributed by atoms with E-state index in [2.05, 4.69) is 15.2 Å². The van der Waals surface area contributed by atoms with Crippen LogP contribution in [0.1, 0.15) is 23.2 Å². The summed E-state index contributed by atoms with van der Waals surface area (Å²) >= 11 is 0. The van der Waals surface area contributed by atoms with E-state index >= 15 is 0 Å². The molecule has 0 spiro atoms. The fraction of sp³-hybridized carbons (Fsp3) is 0.286. The molecule has 1 atom stereocenters. The first-order valence-corrected chi connectivity index (χ1v) is 9.00. The van der Waals surface area contributed by atoms with E-state index < -0.39 is 0 Å². The van der Waals surface area contributed by atoms with Crippen LogP contribution < -0.4 is 4.74 Å². The molecule has 0 unspecified atom stereocenters. The van der Waals surface area contributed by atoms with E-state index in [1.54, 1.807) is 12.4 Å². The molecule has 0 bridgehead atoms. The van der Waals surface area contributed by atoms with Crippen LogP contribution in [-0.2, 0) is 29.0 Å². The standard InChI is InChI=1S/C21H21N3O3/c1-26-21(25)15-7-8-18-19(10-15)23-24-20(18)16-9-17(12-22-11-16)27-13-14-5-3-2-4-6-14/h2-6,9,11-12,15H,7-8,10,13H2,1H3,(H,23,24)/t15-/m1/s1. The first-order valence-electron chi connectivity index (χ1n) is 9.00. The lowest BCUT2D eigenvalue weighted by molar-refractivity contribution is -0.145. The Bertz CT molecular complexity index is 937. The van der Waals surface area contributed by atoms with Crippen LogP contribution in [0.5, 0.6) is 5.75 Å². The third-order valence-electron chi connectivity index (χ3n) is 4.92. The van der Waals surface area contributed by atoms with Gasteiger partial charge in [0.2, 0.25) is 0 Å². The monoisotopic (exact) mass is 363 g/mol. The number of nitrogens with one attached hydrogen (secondary N) is 1. The number of H-pyrrole nitrogens is 1. The second-order valence-electron chi connectivity index (χ2n) is 6.68. The number of fused-ring (bicyclic) bond motifs is 1. The van der Waals surface area contributed by atoms with Crippen molar-refractivity contribution in [3.8, 4) is 17.0 Å². The highest BCUT2D eigenvalue weighted by Crippen LogP contribution is 2.33. The van der Waals surface area contributed by atoms with Gasteiger partial charge in [-0.05, 0) is 24.5 Å². The predicted molar refractivity (Wildman–Crippen MR) is 100 cm³/mol. The highest BCUT2D eigenvalue weighted by Gasteiger charge is 2.29. The summed E-state index contributed by atoms with van der Waals surface area (Å²) in [6, 6.07) is 12.0. The van der Waals surface area contributed by atoms with Gasteiger partial charge in [-0.15, -0.1) is 0 Å². The van der Waals surface area contributed by atoms with E-state index in [-0.39, 0.29) is 11.9 Å². The summed E-state index contributed by atoms with van der Waals surface area (Å²) in [5, 5.41) is 7.56. The molecule has 0 saturated heterocycles. The normalized spacial score (nSPS) is 15.8. The van der Waals surface area contributed by atoms with Crippen LogP contribution in [0.2, 0.25) is 0 Å². The topological polar surface area (TPSA) is 77.1 Å². The average molecular weight is 363 g/mol. The minimum atomic E-state index is -0.158. The molecule has 0 amide bonds. The van der Waals surface area contributed by atoms with Crippen LogP contribution >= 0.6 is 0 Å². The summed E-state index contributed by atoms with van der Waals surface area (Å²) in [5.41, 5.74) is 5.05. The summed E-state index contributed by atoms with van der Waals surface area (Å²) in [4.78, 5) is 16.1. The van der Waals surface area contributed by atoms with E-state index in [0.29, 0.717) is 18.8 Å². The highest BCUT2D eigenvalue weighted by molar-refractivity contribution is 5.74. The average Bonchev–Trinajstić information content (AvgIpc) is 3.16. The van der Waals surface area contributed by atoms with Gasteiger partial charge in [0.25, 0.3) is 0 Å². The smallest absolute Gasteiger partial charge is 0.309 e. The number of carbonyl (C=O) groups excluding carboxylic acids is 1. The number of hydrogen-bond acceptors (Lipinski definition) is 5. The van der Waals surface area contributed by atoms with Crippen molar-refractivity contribution in [1.29, 1.82) is 0 Å². The third-order valence-corrected chi connectivity index (χ3v) is 4.92. The van der Waals surface area contributed by atoms with E-state index in [1.165, 1.54) is 7.11 Å². The third kappa shape index (κ3) is 3.69. The number of pyridine rings is 1. The Labute approximate surface area is 157 Å². The number of hydrogen-bond donors (Lipinski definition) is 1. The Kier molecular flexibility index (Phi) is 4.87. The van der Waals surface area contributed by atoms with E-state index in [9.17, 15) is 4.79 Å². The van der Waals surface area contributed by atoms with Crippen molar-refractivity contribution in [3.63, 3.8) is 0 Å². The van der Waals surface area contributed by atoms with Gasteiger partial charge >= 0.3 is 5.97 Å². The molecule has 2 heterocycles. The Morgan fingerprint density at radius 3 is 2.93 bits per heavy atom. The molecule has 27 heavy (non-hydrogen) atoms. The van der Waals surface area contributed by atoms with Crippen LogP contribution in [0.15, 0.2) is 48.8 Å². The number of aromatic nitrogens is 3. The summed E-state index contributed by atoms with van der Waals surface area (Å²) in [6.07, 6.45) is 5.68. The van der Waals surface area contributed by atoms with Crippen LogP contribution in [0.25, 0.3) is 11.3 Å². The Morgan fingerprint density at radius 1 is 1.26 bits per heavy atom. The lowest BCUT2D eigenvalue weighted by Crippen LogP contribution is -2.23. The molecule has 4 rings (SSSR count). The van der Waals surface area contributed by atoms with Gasteiger partial charge in [0, 0.05) is 29.4 Å². The number of methoxy groups -OCH3 is 1. The lowest BCUT2D eigenvalue weighted by Gasteiger charge is -2.19. The molecule has 3 aromatic rings. The van der Waals surface area contributed by atoms with Crippen LogP contribution in [0.4, 0.5) is 0 Å². The SMILES string of the molecule is COC(=O)[C@@H]1CCc2c(-c3cncc(OCc4ccccc4)c3)n[nH]c2C1. The molecular formula is C21H21N3O3. The van der Waals surface area contributed by atoms with Crippen molar-refractivity contribution in [3.05, 3.63) is 65.6 Å². The van der Waals surface area contributed by atoms with Crippen LogP contribution in [0.3, 0.4) is 0 Å². The maximum absolute atomic E-state index is 11.8. The highest BCUT2D eigenvalue weighted by atomic mass is 16.5. The molecule has 6 heteroatoms. The molecule has 138 valence electrons. The maximum Gasteiger partial charge on any atom is 0.309 e. The summed E-state index contributed by atoms with van der Waals surface area (Å²) in [5.74, 6) is 0.445. The quantitative estimate of drug-likeness (QED) is 0.704. The second-order valence-corrected chi connectivity index (χ2v) is 6.68. The molecule has 0 radical (unpaired) electrons. The number of nitrogens with zero attached hydrogens (tertiary/aromatic N) is 2. The zero-order valence-electron chi connectivity index (χ0n) is 15.1. The molecule has 1 aromatic carbocycles. The van der Waals surface area contributed by atoms with Gasteiger partial charge in [0.05, 0.1) is 24.9 Å². The lowest BCUT2D eigenvalue weighted by atomic mass is 9.86. The van der Waals surface area contributed by atoms with Gasteiger partial charge in [-0.25, -0.2) is 0 Å². The van der Waals surface area contributed by atoms with Gasteiger partial charge < -0.3 is 9.47 Å². The molecule has 0 aliphatic heterocycles. The van der Waals surface area contributed by atoms with Crippen molar-refractivity contribution in [2.45, 2.75) is 25.9 Å². The van der Waals surface area contributed by atoms with E-state index in [4.69, 9.17) is 9.47 Å². The molecule has 0 saturated carbocycles. The molecule has 6 nitrogen and oxygen atoms in total. The summed E-state index contributed by atoms with van der Waals surface area (Å²) in [7, 11) is 1.43. The number of benzene rings is 1. The van der Waals surface area contributed by atoms with Crippen molar-refractivity contribution >= 4 is 5.97 Å². The van der Waals surface area contributed by atoms with Crippen LogP contribution in [-0.4, -0.2) is 28.3 Å². The molecule has 0 fully saturated rings. The van der Waals surface area contributed by atoms with Crippen molar-refractivity contribution in [2.75, 3.05) is 7.11 Å². The van der Waals surface area contributed by atoms with Crippen molar-refractivity contribution in [1.82, 2.24) is 15.2 Å². The van der Waals surface area contributed by atoms with E-state index in [1.807, 2.05) is 36.4 Å². The summed E-state index contributed by atoms with van der Waals surface area (Å²) < 4.78 is 10.8. The molecule has 2 aromatic heterocycles. The number of rotatable bonds is 5. The predicted octanol–water partition coefficient (Wildman–Crippen LogP) is 3.33. The minimum Gasteiger partial charge on any atom is -0.487 e. The fourth-order valence-corrected chi connectivity index (χ4v) is 3.48. The second kappa shape index (κ2) is 7.61. The number of carbonyl (C=O) groups is 1. The number of esters is 1. The largest absolute Gasteiger partial charge is 0.487 e. The maximum atomic E-state index is 11.8. The first-order chi connectivity index (χ1) is 13.2. The number of aromatic amines is 1. The van der Waals surface area contributed by atoms with Gasteiger partial charge in [-0.1, -0.05) is 30.3 Å². The Morgan fingerprint density at radius 2 is 2.11 bits per heavy atom. The molecule has 1 N–H and O–H groups in total. The molecular weight excluding hydrogens is 342 g/mol. The summed E-state index contributed by atoms with van der Waals surface area (Å²) in [6.45, 7) is 0.492. The van der Waals surface area contributed by atoms with Gasteiger partial charge in [-0.3, -0.25) is 14.9 Å². The van der Waals surface area contributed by atoms with Crippen molar-refractivity contribution < 1.29 is 14.3 Å². The first kappa shape index (κ1) is 17.3. The zero-order valence-corrected chi connectivity index (χ0v) is 15.1. The zero-order chi connectivity index (χ0) is 18.6. The Hall–Kier alpha value is -3.15. The van der Waals surface area contributed by atoms with Gasteiger partial charge in [0.15, 0.2) is 0 Å². The Balaban J connectivity index is 1.52. The van der Waals surface area contributed by atoms with Gasteiger partial charge in [0.1, 0.15) is 12.4 Å². The van der Waals surface area contributed by atoms with Crippen molar-refractivity contribution in [2.24, 2.45) is 5.92 Å².